The van der Waals surface area contributed by atoms with E-state index in [0.29, 0.717) is 25.4 Å². The summed E-state index contributed by atoms with van der Waals surface area (Å²) in [6.07, 6.45) is 3.99. The lowest BCUT2D eigenvalue weighted by atomic mass is 9.49. The van der Waals surface area contributed by atoms with E-state index in [1.807, 2.05) is 6.92 Å². The Morgan fingerprint density at radius 3 is 2.59 bits per heavy atom. The average Bonchev–Trinajstić information content (AvgIpc) is 2.94. The van der Waals surface area contributed by atoms with Crippen LogP contribution < -0.4 is 0 Å². The molecule has 1 aliphatic heterocycles. The minimum Gasteiger partial charge on any atom is -0.465 e. The van der Waals surface area contributed by atoms with Crippen molar-refractivity contribution >= 4 is 11.9 Å². The topological polar surface area (TPSA) is 93.1 Å². The highest BCUT2D eigenvalue weighted by Gasteiger charge is 2.63. The molecule has 0 amide bonds. The van der Waals surface area contributed by atoms with E-state index in [1.54, 1.807) is 0 Å². The van der Waals surface area contributed by atoms with Gasteiger partial charge in [0.1, 0.15) is 6.10 Å². The lowest BCUT2D eigenvalue weighted by Crippen LogP contribution is -2.54. The highest BCUT2D eigenvalue weighted by atomic mass is 16.5. The van der Waals surface area contributed by atoms with Crippen LogP contribution in [0.3, 0.4) is 0 Å². The molecule has 2 N–H and O–H groups in total. The van der Waals surface area contributed by atoms with Crippen LogP contribution in [0, 0.1) is 34.5 Å². The first kappa shape index (κ1) is 21.1. The van der Waals surface area contributed by atoms with Crippen molar-refractivity contribution in [2.75, 3.05) is 6.61 Å². The van der Waals surface area contributed by atoms with Crippen LogP contribution in [0.1, 0.15) is 72.1 Å². The van der Waals surface area contributed by atoms with Crippen molar-refractivity contribution in [2.45, 2.75) is 90.4 Å². The third kappa shape index (κ3) is 3.31. The fraction of sp³-hybridized carbons (Fsp3) is 0.913. The molecule has 4 fully saturated rings. The first-order valence-electron chi connectivity index (χ1n) is 11.4. The Morgan fingerprint density at radius 1 is 1.14 bits per heavy atom. The van der Waals surface area contributed by atoms with E-state index in [-0.39, 0.29) is 53.0 Å². The third-order valence-corrected chi connectivity index (χ3v) is 8.99. The van der Waals surface area contributed by atoms with Gasteiger partial charge in [0, 0.05) is 11.8 Å². The van der Waals surface area contributed by atoms with E-state index in [2.05, 4.69) is 13.8 Å². The SMILES string of the molecule is CCCC(=O)O[C@H]1CC[C@H]2[C@@H]3COC(=O)[C@H]4C[C@H](O)[C@H](O)C[C@]4(C)[C@H]3CC[C@]12C. The van der Waals surface area contributed by atoms with Gasteiger partial charge in [-0.2, -0.15) is 0 Å². The van der Waals surface area contributed by atoms with Crippen molar-refractivity contribution in [3.05, 3.63) is 0 Å². The minimum atomic E-state index is -0.861. The summed E-state index contributed by atoms with van der Waals surface area (Å²) < 4.78 is 11.7. The molecule has 0 spiro atoms. The van der Waals surface area contributed by atoms with Crippen molar-refractivity contribution in [1.29, 1.82) is 0 Å². The van der Waals surface area contributed by atoms with Crippen LogP contribution in [-0.4, -0.2) is 47.1 Å². The molecule has 4 rings (SSSR count). The number of aliphatic hydroxyl groups excluding tert-OH is 2. The number of esters is 2. The van der Waals surface area contributed by atoms with Crippen molar-refractivity contribution in [3.63, 3.8) is 0 Å². The second-order valence-corrected chi connectivity index (χ2v) is 10.5. The maximum Gasteiger partial charge on any atom is 0.309 e. The van der Waals surface area contributed by atoms with Gasteiger partial charge in [0.15, 0.2) is 0 Å². The van der Waals surface area contributed by atoms with Gasteiger partial charge in [-0.15, -0.1) is 0 Å². The molecule has 6 heteroatoms. The summed E-state index contributed by atoms with van der Waals surface area (Å²) in [4.78, 5) is 25.0. The zero-order valence-electron chi connectivity index (χ0n) is 17.9. The number of fused-ring (bicyclic) bond motifs is 5. The summed E-state index contributed by atoms with van der Waals surface area (Å²) in [5, 5.41) is 20.6. The van der Waals surface area contributed by atoms with Gasteiger partial charge in [0.05, 0.1) is 24.7 Å². The quantitative estimate of drug-likeness (QED) is 0.698. The monoisotopic (exact) mass is 408 g/mol. The number of carbonyl (C=O) groups is 2. The van der Waals surface area contributed by atoms with Crippen LogP contribution in [0.2, 0.25) is 0 Å². The molecule has 1 saturated heterocycles. The molecule has 6 nitrogen and oxygen atoms in total. The number of ether oxygens (including phenoxy) is 2. The average molecular weight is 409 g/mol. The largest absolute Gasteiger partial charge is 0.465 e. The van der Waals surface area contributed by atoms with Gasteiger partial charge in [0.2, 0.25) is 0 Å². The Kier molecular flexibility index (Phi) is 5.48. The van der Waals surface area contributed by atoms with Gasteiger partial charge >= 0.3 is 11.9 Å². The molecule has 0 unspecified atom stereocenters. The highest BCUT2D eigenvalue weighted by molar-refractivity contribution is 5.74. The Labute approximate surface area is 173 Å². The smallest absolute Gasteiger partial charge is 0.309 e. The molecule has 3 aliphatic carbocycles. The molecule has 0 aromatic rings. The third-order valence-electron chi connectivity index (χ3n) is 8.99. The fourth-order valence-corrected chi connectivity index (χ4v) is 7.36. The van der Waals surface area contributed by atoms with Gasteiger partial charge in [-0.25, -0.2) is 0 Å². The number of aliphatic hydroxyl groups is 2. The summed E-state index contributed by atoms with van der Waals surface area (Å²) in [7, 11) is 0. The molecule has 0 bridgehead atoms. The summed E-state index contributed by atoms with van der Waals surface area (Å²) in [6, 6.07) is 0. The summed E-state index contributed by atoms with van der Waals surface area (Å²) in [5.41, 5.74) is -0.449. The number of hydrogen-bond acceptors (Lipinski definition) is 6. The Morgan fingerprint density at radius 2 is 1.86 bits per heavy atom. The van der Waals surface area contributed by atoms with Crippen LogP contribution in [0.15, 0.2) is 0 Å². The first-order chi connectivity index (χ1) is 13.7. The molecule has 0 aromatic heterocycles. The highest BCUT2D eigenvalue weighted by Crippen LogP contribution is 2.63. The lowest BCUT2D eigenvalue weighted by molar-refractivity contribution is -0.165. The van der Waals surface area contributed by atoms with E-state index in [0.717, 1.165) is 32.1 Å². The zero-order valence-corrected chi connectivity index (χ0v) is 17.9. The van der Waals surface area contributed by atoms with Gasteiger partial charge in [-0.3, -0.25) is 9.59 Å². The molecule has 4 aliphatic rings. The first-order valence-corrected chi connectivity index (χ1v) is 11.4. The van der Waals surface area contributed by atoms with Gasteiger partial charge in [-0.1, -0.05) is 20.8 Å². The van der Waals surface area contributed by atoms with Crippen molar-refractivity contribution < 1.29 is 29.3 Å². The molecular formula is C23H36O6. The molecule has 9 atom stereocenters. The van der Waals surface area contributed by atoms with Gasteiger partial charge < -0.3 is 19.7 Å². The van der Waals surface area contributed by atoms with E-state index in [4.69, 9.17) is 9.47 Å². The standard InChI is InChI=1S/C23H36O6/c1-4-5-20(26)29-19-7-6-14-13-12-28-21(27)16-10-17(24)18(25)11-23(16,3)15(13)8-9-22(14,19)2/h13-19,24-25H,4-12H2,1-3H3/t13-,14-,15-,16+,17-,18+,19-,22-,23+/m0/s1. The van der Waals surface area contributed by atoms with Crippen molar-refractivity contribution in [3.8, 4) is 0 Å². The molecule has 0 radical (unpaired) electrons. The Balaban J connectivity index is 1.60. The number of cyclic esters (lactones) is 1. The predicted octanol–water partition coefficient (Wildman–Crippen LogP) is 2.84. The zero-order chi connectivity index (χ0) is 21.0. The van der Waals surface area contributed by atoms with Crippen LogP contribution in [-0.2, 0) is 19.1 Å². The van der Waals surface area contributed by atoms with Gasteiger partial charge in [-0.05, 0) is 68.1 Å². The Hall–Kier alpha value is -1.14. The predicted molar refractivity (Wildman–Crippen MR) is 106 cm³/mol. The molecular weight excluding hydrogens is 372 g/mol. The maximum absolute atomic E-state index is 12.8. The van der Waals surface area contributed by atoms with Crippen LogP contribution in [0.25, 0.3) is 0 Å². The second-order valence-electron chi connectivity index (χ2n) is 10.5. The van der Waals surface area contributed by atoms with E-state index < -0.39 is 12.2 Å². The van der Waals surface area contributed by atoms with Crippen molar-refractivity contribution in [1.82, 2.24) is 0 Å². The Bertz CT molecular complexity index is 664. The molecule has 0 aromatic carbocycles. The molecule has 1 heterocycles. The number of hydrogen-bond donors (Lipinski definition) is 2. The minimum absolute atomic E-state index is 0.0613. The maximum atomic E-state index is 12.8. The van der Waals surface area contributed by atoms with E-state index in [1.165, 1.54) is 0 Å². The fourth-order valence-electron chi connectivity index (χ4n) is 7.36. The van der Waals surface area contributed by atoms with Crippen molar-refractivity contribution in [2.24, 2.45) is 34.5 Å². The van der Waals surface area contributed by atoms with E-state index in [9.17, 15) is 19.8 Å². The molecule has 3 saturated carbocycles. The summed E-state index contributed by atoms with van der Waals surface area (Å²) in [5.74, 6) is 0.130. The van der Waals surface area contributed by atoms with Crippen LogP contribution in [0.4, 0.5) is 0 Å². The number of carbonyl (C=O) groups excluding carboxylic acids is 2. The van der Waals surface area contributed by atoms with Crippen LogP contribution in [0.5, 0.6) is 0 Å². The molecule has 29 heavy (non-hydrogen) atoms. The molecule has 164 valence electrons. The summed E-state index contributed by atoms with van der Waals surface area (Å²) >= 11 is 0. The van der Waals surface area contributed by atoms with E-state index >= 15 is 0 Å². The summed E-state index contributed by atoms with van der Waals surface area (Å²) in [6.45, 7) is 6.75. The second kappa shape index (κ2) is 7.52. The lowest BCUT2D eigenvalue weighted by Gasteiger charge is -2.55. The van der Waals surface area contributed by atoms with Gasteiger partial charge in [0.25, 0.3) is 0 Å². The van der Waals surface area contributed by atoms with Crippen LogP contribution >= 0.6 is 0 Å². The normalized spacial score (nSPS) is 49.3. The number of rotatable bonds is 3.